The van der Waals surface area contributed by atoms with Gasteiger partial charge in [-0.05, 0) is 42.5 Å². The summed E-state index contributed by atoms with van der Waals surface area (Å²) in [6, 6.07) is 5.32. The van der Waals surface area contributed by atoms with E-state index in [0.29, 0.717) is 22.0 Å². The van der Waals surface area contributed by atoms with Crippen LogP contribution in [0.2, 0.25) is 0 Å². The molecule has 214 valence electrons. The molecule has 0 radical (unpaired) electrons. The van der Waals surface area contributed by atoms with Gasteiger partial charge >= 0.3 is 17.9 Å². The number of thioether (sulfide) groups is 2. The fraction of sp³-hybridized carbons (Fsp3) is 0.280. The monoisotopic (exact) mass is 635 g/mol. The van der Waals surface area contributed by atoms with Gasteiger partial charge < -0.3 is 25.0 Å². The first kappa shape index (κ1) is 28.9. The zero-order valence-electron chi connectivity index (χ0n) is 21.2. The number of carboxylic acids is 3. The number of fused-ring (bicyclic) bond motifs is 1. The minimum Gasteiger partial charge on any atom is -0.497 e. The molecule has 0 spiro atoms. The van der Waals surface area contributed by atoms with E-state index in [-0.39, 0.29) is 30.9 Å². The van der Waals surface area contributed by atoms with Crippen LogP contribution in [-0.4, -0.2) is 73.1 Å². The third-order valence-corrected chi connectivity index (χ3v) is 10.2. The van der Waals surface area contributed by atoms with Crippen LogP contribution in [0.15, 0.2) is 39.0 Å². The van der Waals surface area contributed by atoms with E-state index >= 15 is 0 Å². The lowest BCUT2D eigenvalue weighted by molar-refractivity contribution is -0.140. The first-order chi connectivity index (χ1) is 19.5. The molecule has 1 saturated carbocycles. The maximum absolute atomic E-state index is 13.7. The lowest BCUT2D eigenvalue weighted by Gasteiger charge is -2.18. The molecule has 0 atom stereocenters. The molecule has 2 fully saturated rings. The lowest BCUT2D eigenvalue weighted by Crippen LogP contribution is -2.37. The zero-order valence-corrected chi connectivity index (χ0v) is 24.5. The van der Waals surface area contributed by atoms with Crippen LogP contribution in [-0.2, 0) is 25.7 Å². The third-order valence-electron chi connectivity index (χ3n) is 6.30. The number of aromatic nitrogens is 1. The topological polar surface area (TPSA) is 167 Å². The van der Waals surface area contributed by atoms with E-state index < -0.39 is 42.5 Å². The minimum absolute atomic E-state index is 0.00921. The number of anilines is 1. The van der Waals surface area contributed by atoms with Crippen molar-refractivity contribution in [3.63, 3.8) is 0 Å². The highest BCUT2D eigenvalue weighted by Crippen LogP contribution is 2.49. The zero-order chi connectivity index (χ0) is 29.6. The average molecular weight is 636 g/mol. The molecule has 2 aliphatic heterocycles. The highest BCUT2D eigenvalue weighted by molar-refractivity contribution is 8.30. The summed E-state index contributed by atoms with van der Waals surface area (Å²) in [6.07, 6.45) is 3.31. The number of methoxy groups -OCH3 is 1. The maximum atomic E-state index is 13.7. The fourth-order valence-corrected chi connectivity index (χ4v) is 8.09. The van der Waals surface area contributed by atoms with Gasteiger partial charge in [-0.15, -0.1) is 11.3 Å². The number of carboxylic acid groups (broad SMARTS) is 3. The van der Waals surface area contributed by atoms with Crippen LogP contribution in [0.5, 0.6) is 5.75 Å². The van der Waals surface area contributed by atoms with Crippen molar-refractivity contribution < 1.29 is 39.2 Å². The molecule has 3 aliphatic rings. The van der Waals surface area contributed by atoms with E-state index in [1.54, 1.807) is 23.1 Å². The maximum Gasteiger partial charge on any atom is 0.323 e. The molecule has 1 amide bonds. The fourth-order valence-electron chi connectivity index (χ4n) is 4.35. The molecular formula is C25H21N3O9S4. The van der Waals surface area contributed by atoms with Gasteiger partial charge in [0.1, 0.15) is 39.3 Å². The predicted octanol–water partition coefficient (Wildman–Crippen LogP) is 1.16. The van der Waals surface area contributed by atoms with Crippen LogP contribution in [0, 0.1) is 5.92 Å². The van der Waals surface area contributed by atoms with E-state index in [1.165, 1.54) is 18.9 Å². The summed E-state index contributed by atoms with van der Waals surface area (Å²) >= 11 is 8.29. The standard InChI is InChI=1S/C25H21N3O9S4/c1-37-12-4-5-15-14(6-12)26(8-17(29)30)16(39-15)7-13(11-2-3-11)20-22(35)27(9-18(31)32)24(40-20)21-23(36)28(10-19(33)34)25(38)41-21/h4-7,11H,2-3,8-10H2,1H3,(H,29,30)(H,31,32)(H,33,34)/b16-7-,20-13-,24-21-. The molecule has 1 aromatic carbocycles. The first-order valence-electron chi connectivity index (χ1n) is 12.0. The highest BCUT2D eigenvalue weighted by atomic mass is 32.2. The highest BCUT2D eigenvalue weighted by Gasteiger charge is 2.36. The van der Waals surface area contributed by atoms with Gasteiger partial charge in [0.25, 0.3) is 11.5 Å². The number of hydrogen-bond acceptors (Lipinski definition) is 11. The molecule has 1 saturated heterocycles. The Labute approximate surface area is 249 Å². The molecular weight excluding hydrogens is 615 g/mol. The van der Waals surface area contributed by atoms with Gasteiger partial charge in [0.2, 0.25) is 0 Å². The second kappa shape index (κ2) is 11.3. The summed E-state index contributed by atoms with van der Waals surface area (Å²) in [6.45, 7) is -1.72. The van der Waals surface area contributed by atoms with Gasteiger partial charge in [-0.25, -0.2) is 0 Å². The number of hydrogen-bond donors (Lipinski definition) is 3. The van der Waals surface area contributed by atoms with Crippen LogP contribution in [0.3, 0.4) is 0 Å². The van der Waals surface area contributed by atoms with Gasteiger partial charge in [0, 0.05) is 11.0 Å². The molecule has 41 heavy (non-hydrogen) atoms. The molecule has 3 N–H and O–H groups in total. The number of thiazole rings is 1. The molecule has 16 heteroatoms. The van der Waals surface area contributed by atoms with Gasteiger partial charge in [-0.2, -0.15) is 0 Å². The summed E-state index contributed by atoms with van der Waals surface area (Å²) < 4.78 is 6.59. The van der Waals surface area contributed by atoms with Crippen molar-refractivity contribution in [2.75, 3.05) is 25.1 Å². The number of carbonyl (C=O) groups is 4. The van der Waals surface area contributed by atoms with Crippen LogP contribution in [0.4, 0.5) is 5.69 Å². The Hall–Kier alpha value is -3.60. The third kappa shape index (κ3) is 5.77. The van der Waals surface area contributed by atoms with E-state index in [0.717, 1.165) is 50.3 Å². The number of rotatable bonds is 9. The molecule has 1 aromatic heterocycles. The van der Waals surface area contributed by atoms with Crippen molar-refractivity contribution in [1.29, 1.82) is 0 Å². The number of nitrogens with zero attached hydrogens (tertiary/aromatic N) is 3. The van der Waals surface area contributed by atoms with Crippen molar-refractivity contribution >= 4 is 91.4 Å². The minimum atomic E-state index is -1.30. The molecule has 2 aromatic rings. The number of carbonyl (C=O) groups excluding carboxylic acids is 1. The van der Waals surface area contributed by atoms with E-state index in [1.807, 2.05) is 6.07 Å². The van der Waals surface area contributed by atoms with Crippen molar-refractivity contribution in [2.45, 2.75) is 24.3 Å². The first-order valence-corrected chi connectivity index (χ1v) is 14.9. The van der Waals surface area contributed by atoms with E-state index in [4.69, 9.17) is 17.0 Å². The molecule has 3 heterocycles. The van der Waals surface area contributed by atoms with Gasteiger partial charge in [-0.3, -0.25) is 33.4 Å². The van der Waals surface area contributed by atoms with Gasteiger partial charge in [-0.1, -0.05) is 35.7 Å². The van der Waals surface area contributed by atoms with Gasteiger partial charge in [0.15, 0.2) is 0 Å². The lowest BCUT2D eigenvalue weighted by atomic mass is 10.1. The van der Waals surface area contributed by atoms with Crippen LogP contribution >= 0.6 is 47.1 Å². The molecule has 1 aliphatic carbocycles. The normalized spacial score (nSPS) is 19.6. The second-order valence-corrected chi connectivity index (χ2v) is 12.8. The molecule has 0 unspecified atom stereocenters. The summed E-state index contributed by atoms with van der Waals surface area (Å²) in [5, 5.41) is 28.9. The quantitative estimate of drug-likeness (QED) is 0.336. The van der Waals surface area contributed by atoms with Crippen molar-refractivity contribution in [3.8, 4) is 5.75 Å². The van der Waals surface area contributed by atoms with E-state index in [2.05, 4.69) is 0 Å². The number of benzene rings is 1. The number of aliphatic carboxylic acids is 3. The van der Waals surface area contributed by atoms with Crippen LogP contribution < -0.4 is 24.4 Å². The Bertz CT molecular complexity index is 1740. The molecule has 12 nitrogen and oxygen atoms in total. The Morgan fingerprint density at radius 2 is 1.68 bits per heavy atom. The summed E-state index contributed by atoms with van der Waals surface area (Å²) in [7, 11) is 1.51. The van der Waals surface area contributed by atoms with Crippen molar-refractivity contribution in [2.24, 2.45) is 5.92 Å². The van der Waals surface area contributed by atoms with E-state index in [9.17, 15) is 39.3 Å². The van der Waals surface area contributed by atoms with Crippen LogP contribution in [0.25, 0.3) is 10.5 Å². The smallest absolute Gasteiger partial charge is 0.323 e. The number of allylic oxidation sites excluding steroid dienone is 1. The number of ether oxygens (including phenoxy) is 1. The summed E-state index contributed by atoms with van der Waals surface area (Å²) in [5.74, 6) is -3.81. The Morgan fingerprint density at radius 1 is 1.02 bits per heavy atom. The molecule has 0 bridgehead atoms. The Balaban J connectivity index is 1.72. The van der Waals surface area contributed by atoms with Crippen molar-refractivity contribution in [3.05, 3.63) is 48.9 Å². The summed E-state index contributed by atoms with van der Waals surface area (Å²) in [5.41, 5.74) is 0.648. The van der Waals surface area contributed by atoms with Crippen molar-refractivity contribution in [1.82, 2.24) is 9.47 Å². The average Bonchev–Trinajstić information content (AvgIpc) is 3.57. The SMILES string of the molecule is COc1ccc2c(c1)N(CC(=O)O)/C(=C/C(=c1/s/c(=C3\SC(=S)N(CC(=O)O)C3=O)n(CC(=O)O)c1=O)C1CC1)S2. The number of thiocarbonyl (C=S) groups is 1. The van der Waals surface area contributed by atoms with Crippen LogP contribution in [0.1, 0.15) is 12.8 Å². The molecule has 5 rings (SSSR count). The second-order valence-electron chi connectivity index (χ2n) is 9.13. The largest absolute Gasteiger partial charge is 0.497 e. The number of amides is 1. The summed E-state index contributed by atoms with van der Waals surface area (Å²) in [4.78, 5) is 64.8. The Morgan fingerprint density at radius 3 is 2.29 bits per heavy atom. The Kier molecular flexibility index (Phi) is 8.00. The van der Waals surface area contributed by atoms with Gasteiger partial charge in [0.05, 0.1) is 22.4 Å². The predicted molar refractivity (Wildman–Crippen MR) is 156 cm³/mol.